The van der Waals surface area contributed by atoms with Gasteiger partial charge in [0, 0.05) is 18.5 Å². The van der Waals surface area contributed by atoms with Crippen molar-refractivity contribution in [1.29, 1.82) is 0 Å². The van der Waals surface area contributed by atoms with Crippen molar-refractivity contribution in [3.63, 3.8) is 0 Å². The van der Waals surface area contributed by atoms with Crippen LogP contribution in [0.4, 0.5) is 4.39 Å². The van der Waals surface area contributed by atoms with Gasteiger partial charge in [-0.25, -0.2) is 12.8 Å². The summed E-state index contributed by atoms with van der Waals surface area (Å²) >= 11 is 5.84. The fourth-order valence-electron chi connectivity index (χ4n) is 1.70. The Morgan fingerprint density at radius 3 is 2.62 bits per heavy atom. The van der Waals surface area contributed by atoms with Crippen molar-refractivity contribution in [2.45, 2.75) is 16.7 Å². The van der Waals surface area contributed by atoms with Gasteiger partial charge in [0.1, 0.15) is 10.7 Å². The molecule has 1 aliphatic rings. The molecule has 1 aliphatic heterocycles. The molecule has 1 unspecified atom stereocenters. The molecule has 0 saturated carbocycles. The van der Waals surface area contributed by atoms with Crippen LogP contribution < -0.4 is 0 Å². The topological polar surface area (TPSA) is 37.4 Å². The summed E-state index contributed by atoms with van der Waals surface area (Å²) in [6.07, 6.45) is 0.606. The number of nitrogens with zero attached hydrogens (tertiary/aromatic N) is 1. The first-order chi connectivity index (χ1) is 7.51. The Kier molecular flexibility index (Phi) is 3.19. The second-order valence-electron chi connectivity index (χ2n) is 3.68. The Balaban J connectivity index is 2.36. The van der Waals surface area contributed by atoms with Crippen LogP contribution >= 0.6 is 11.6 Å². The molecule has 1 aromatic rings. The first kappa shape index (κ1) is 11.8. The van der Waals surface area contributed by atoms with E-state index in [2.05, 4.69) is 0 Å². The van der Waals surface area contributed by atoms with Crippen LogP contribution in [0.5, 0.6) is 0 Å². The van der Waals surface area contributed by atoms with Crippen LogP contribution in [0.1, 0.15) is 6.42 Å². The number of benzene rings is 1. The summed E-state index contributed by atoms with van der Waals surface area (Å²) in [7, 11) is -3.73. The fourth-order valence-corrected chi connectivity index (χ4v) is 3.61. The van der Waals surface area contributed by atoms with Crippen molar-refractivity contribution in [3.8, 4) is 0 Å². The van der Waals surface area contributed by atoms with Gasteiger partial charge in [-0.3, -0.25) is 0 Å². The third kappa shape index (κ3) is 2.07. The molecule has 0 N–H and O–H groups in total. The summed E-state index contributed by atoms with van der Waals surface area (Å²) in [5.74, 6) is -0.722. The molecule has 1 atom stereocenters. The van der Waals surface area contributed by atoms with Crippen LogP contribution in [0.3, 0.4) is 0 Å². The number of hydrogen-bond acceptors (Lipinski definition) is 2. The van der Waals surface area contributed by atoms with Gasteiger partial charge < -0.3 is 0 Å². The van der Waals surface area contributed by atoms with Gasteiger partial charge in [-0.15, -0.1) is 11.6 Å². The molecular formula is C10H11ClFNO2S. The first-order valence-electron chi connectivity index (χ1n) is 4.90. The molecule has 0 spiro atoms. The highest BCUT2D eigenvalue weighted by molar-refractivity contribution is 7.89. The van der Waals surface area contributed by atoms with Gasteiger partial charge in [0.05, 0.1) is 0 Å². The van der Waals surface area contributed by atoms with Crippen molar-refractivity contribution in [2.75, 3.05) is 13.1 Å². The lowest BCUT2D eigenvalue weighted by Crippen LogP contribution is -2.29. The lowest BCUT2D eigenvalue weighted by Gasteiger charge is -2.15. The van der Waals surface area contributed by atoms with Crippen molar-refractivity contribution < 1.29 is 12.8 Å². The smallest absolute Gasteiger partial charge is 0.207 e. The quantitative estimate of drug-likeness (QED) is 0.764. The maximum Gasteiger partial charge on any atom is 0.246 e. The third-order valence-electron chi connectivity index (χ3n) is 2.55. The third-order valence-corrected chi connectivity index (χ3v) is 4.80. The summed E-state index contributed by atoms with van der Waals surface area (Å²) < 4.78 is 38.7. The maximum atomic E-state index is 13.4. The minimum atomic E-state index is -3.73. The Morgan fingerprint density at radius 2 is 2.06 bits per heavy atom. The van der Waals surface area contributed by atoms with E-state index in [-0.39, 0.29) is 16.8 Å². The molecule has 6 heteroatoms. The zero-order valence-electron chi connectivity index (χ0n) is 8.44. The van der Waals surface area contributed by atoms with E-state index in [0.717, 1.165) is 6.07 Å². The van der Waals surface area contributed by atoms with Gasteiger partial charge in [0.2, 0.25) is 10.0 Å². The standard InChI is InChI=1S/C10H11ClFNO2S/c11-8-5-6-13(7-8)16(14,15)10-4-2-1-3-9(10)12/h1-4,8H,5-7H2. The highest BCUT2D eigenvalue weighted by Gasteiger charge is 2.32. The Labute approximate surface area is 98.9 Å². The summed E-state index contributed by atoms with van der Waals surface area (Å²) in [6.45, 7) is 0.600. The predicted molar refractivity (Wildman–Crippen MR) is 59.4 cm³/mol. The monoisotopic (exact) mass is 263 g/mol. The molecular weight excluding hydrogens is 253 g/mol. The minimum absolute atomic E-state index is 0.179. The molecule has 2 rings (SSSR count). The molecule has 16 heavy (non-hydrogen) atoms. The van der Waals surface area contributed by atoms with Gasteiger partial charge in [-0.05, 0) is 18.6 Å². The Hall–Kier alpha value is -0.650. The van der Waals surface area contributed by atoms with Crippen LogP contribution in [0.25, 0.3) is 0 Å². The highest BCUT2D eigenvalue weighted by Crippen LogP contribution is 2.24. The van der Waals surface area contributed by atoms with Crippen LogP contribution in [0.15, 0.2) is 29.2 Å². The molecule has 3 nitrogen and oxygen atoms in total. The highest BCUT2D eigenvalue weighted by atomic mass is 35.5. The van der Waals surface area contributed by atoms with E-state index in [1.165, 1.54) is 22.5 Å². The van der Waals surface area contributed by atoms with E-state index in [1.807, 2.05) is 0 Å². The molecule has 0 bridgehead atoms. The summed E-state index contributed by atoms with van der Waals surface area (Å²) in [5, 5.41) is -0.179. The predicted octanol–water partition coefficient (Wildman–Crippen LogP) is 1.83. The van der Waals surface area contributed by atoms with E-state index in [4.69, 9.17) is 11.6 Å². The van der Waals surface area contributed by atoms with Gasteiger partial charge in [-0.1, -0.05) is 12.1 Å². The second-order valence-corrected chi connectivity index (χ2v) is 6.20. The summed E-state index contributed by atoms with van der Waals surface area (Å²) in [6, 6.07) is 5.38. The summed E-state index contributed by atoms with van der Waals surface area (Å²) in [4.78, 5) is -0.277. The van der Waals surface area contributed by atoms with Gasteiger partial charge in [0.25, 0.3) is 0 Å². The molecule has 0 radical (unpaired) electrons. The van der Waals surface area contributed by atoms with E-state index in [9.17, 15) is 12.8 Å². The maximum absolute atomic E-state index is 13.4. The number of halogens is 2. The summed E-state index contributed by atoms with van der Waals surface area (Å²) in [5.41, 5.74) is 0. The Morgan fingerprint density at radius 1 is 1.38 bits per heavy atom. The molecule has 0 amide bonds. The number of alkyl halides is 1. The van der Waals surface area contributed by atoms with Crippen LogP contribution in [0.2, 0.25) is 0 Å². The molecule has 0 aliphatic carbocycles. The molecule has 1 heterocycles. The lowest BCUT2D eigenvalue weighted by molar-refractivity contribution is 0.470. The Bertz CT molecular complexity index is 491. The largest absolute Gasteiger partial charge is 0.246 e. The normalized spacial score (nSPS) is 22.5. The van der Waals surface area contributed by atoms with Crippen molar-refractivity contribution in [3.05, 3.63) is 30.1 Å². The van der Waals surface area contributed by atoms with E-state index in [1.54, 1.807) is 0 Å². The zero-order valence-corrected chi connectivity index (χ0v) is 10.0. The number of hydrogen-bond donors (Lipinski definition) is 0. The lowest BCUT2D eigenvalue weighted by atomic mass is 10.4. The van der Waals surface area contributed by atoms with Gasteiger partial charge in [-0.2, -0.15) is 4.31 Å². The van der Waals surface area contributed by atoms with Gasteiger partial charge in [0.15, 0.2) is 0 Å². The van der Waals surface area contributed by atoms with Gasteiger partial charge >= 0.3 is 0 Å². The van der Waals surface area contributed by atoms with E-state index in [0.29, 0.717) is 13.0 Å². The van der Waals surface area contributed by atoms with Crippen LogP contribution in [0, 0.1) is 5.82 Å². The fraction of sp³-hybridized carbons (Fsp3) is 0.400. The number of sulfonamides is 1. The molecule has 1 fully saturated rings. The van der Waals surface area contributed by atoms with Crippen LogP contribution in [-0.4, -0.2) is 31.2 Å². The van der Waals surface area contributed by atoms with E-state index >= 15 is 0 Å². The van der Waals surface area contributed by atoms with Crippen molar-refractivity contribution in [2.24, 2.45) is 0 Å². The first-order valence-corrected chi connectivity index (χ1v) is 6.78. The van der Waals surface area contributed by atoms with E-state index < -0.39 is 15.8 Å². The zero-order chi connectivity index (χ0) is 11.8. The SMILES string of the molecule is O=S(=O)(c1ccccc1F)N1CCC(Cl)C1. The molecule has 1 saturated heterocycles. The van der Waals surface area contributed by atoms with Crippen molar-refractivity contribution in [1.82, 2.24) is 4.31 Å². The second kappa shape index (κ2) is 4.31. The average Bonchev–Trinajstić information content (AvgIpc) is 2.66. The number of rotatable bonds is 2. The molecule has 0 aromatic heterocycles. The van der Waals surface area contributed by atoms with Crippen LogP contribution in [-0.2, 0) is 10.0 Å². The molecule has 88 valence electrons. The van der Waals surface area contributed by atoms with Crippen molar-refractivity contribution >= 4 is 21.6 Å². The average molecular weight is 264 g/mol. The minimum Gasteiger partial charge on any atom is -0.207 e. The molecule has 1 aromatic carbocycles.